The van der Waals surface area contributed by atoms with Gasteiger partial charge in [0, 0.05) is 19.3 Å². The molecule has 0 bridgehead atoms. The second-order valence-electron chi connectivity index (χ2n) is 20.6. The van der Waals surface area contributed by atoms with Gasteiger partial charge in [0.1, 0.15) is 13.2 Å². The second kappa shape index (κ2) is 64.1. The monoisotopic (exact) mass is 1060 g/mol. The van der Waals surface area contributed by atoms with Crippen LogP contribution in [0.5, 0.6) is 0 Å². The number of unbranched alkanes of at least 4 members (excludes halogenated alkanes) is 23. The molecule has 0 heterocycles. The molecule has 436 valence electrons. The van der Waals surface area contributed by atoms with Crippen LogP contribution in [-0.4, -0.2) is 37.2 Å². The van der Waals surface area contributed by atoms with Crippen molar-refractivity contribution in [2.45, 2.75) is 284 Å². The normalized spacial score (nSPS) is 13.0. The molecule has 1 unspecified atom stereocenters. The highest BCUT2D eigenvalue weighted by Gasteiger charge is 2.19. The van der Waals surface area contributed by atoms with Crippen molar-refractivity contribution in [2.24, 2.45) is 0 Å². The zero-order chi connectivity index (χ0) is 55.7. The minimum absolute atomic E-state index is 0.0951. The lowest BCUT2D eigenvalue weighted by Crippen LogP contribution is -2.30. The number of allylic oxidation sites excluding steroid dienone is 22. The number of carbonyl (C=O) groups is 3. The minimum atomic E-state index is -0.798. The van der Waals surface area contributed by atoms with Crippen molar-refractivity contribution >= 4 is 17.9 Å². The first-order chi connectivity index (χ1) is 38.0. The Morgan fingerprint density at radius 2 is 0.532 bits per heavy atom. The van der Waals surface area contributed by atoms with E-state index in [9.17, 15) is 14.4 Å². The average Bonchev–Trinajstić information content (AvgIpc) is 3.43. The van der Waals surface area contributed by atoms with Gasteiger partial charge < -0.3 is 14.2 Å². The standard InChI is InChI=1S/C71H116O6/c1-4-7-10-13-16-19-22-25-27-29-30-31-32-33-34-35-36-37-38-39-40-42-43-46-49-52-55-58-61-64-70(73)76-67-68(66-75-69(72)63-60-57-54-51-48-45-24-21-18-15-12-9-6-3)77-71(74)65-62-59-56-53-50-47-44-41-28-26-23-20-17-14-11-8-5-2/h7,10,12,15-17,19-21,24-28,30-31,33-34,36-37,39-40,68H,4-6,8-9,11,13-14,18,22-23,29,32,35,38,41-67H2,1-3H3/b10-7-,15-12-,19-16-,20-17-,24-21-,27-25-,28-26-,31-30-,34-33-,37-36-,40-39-. The van der Waals surface area contributed by atoms with Gasteiger partial charge in [0.05, 0.1) is 0 Å². The van der Waals surface area contributed by atoms with Gasteiger partial charge in [-0.15, -0.1) is 0 Å². The first-order valence-corrected chi connectivity index (χ1v) is 31.7. The topological polar surface area (TPSA) is 78.9 Å². The molecule has 0 aromatic heterocycles. The fraction of sp³-hybridized carbons (Fsp3) is 0.648. The summed E-state index contributed by atoms with van der Waals surface area (Å²) in [4.78, 5) is 38.3. The highest BCUT2D eigenvalue weighted by atomic mass is 16.6. The summed E-state index contributed by atoms with van der Waals surface area (Å²) >= 11 is 0. The molecule has 77 heavy (non-hydrogen) atoms. The van der Waals surface area contributed by atoms with Gasteiger partial charge in [-0.3, -0.25) is 14.4 Å². The van der Waals surface area contributed by atoms with Crippen molar-refractivity contribution < 1.29 is 28.6 Å². The number of rotatable bonds is 56. The Bertz CT molecular complexity index is 1650. The quantitative estimate of drug-likeness (QED) is 0.0261. The molecule has 0 saturated heterocycles. The summed E-state index contributed by atoms with van der Waals surface area (Å²) < 4.78 is 16.9. The maximum absolute atomic E-state index is 12.9. The van der Waals surface area contributed by atoms with Crippen LogP contribution in [0.3, 0.4) is 0 Å². The molecule has 0 saturated carbocycles. The van der Waals surface area contributed by atoms with Crippen LogP contribution in [0.15, 0.2) is 134 Å². The predicted molar refractivity (Wildman–Crippen MR) is 334 cm³/mol. The van der Waals surface area contributed by atoms with Gasteiger partial charge in [-0.1, -0.05) is 257 Å². The highest BCUT2D eigenvalue weighted by molar-refractivity contribution is 5.71. The first kappa shape index (κ1) is 72.5. The lowest BCUT2D eigenvalue weighted by Gasteiger charge is -2.18. The molecular weight excluding hydrogens is 949 g/mol. The summed E-state index contributed by atoms with van der Waals surface area (Å²) in [6.45, 7) is 6.41. The molecule has 0 aliphatic carbocycles. The summed E-state index contributed by atoms with van der Waals surface area (Å²) in [5.74, 6) is -0.927. The zero-order valence-corrected chi connectivity index (χ0v) is 49.9. The average molecular weight is 1070 g/mol. The summed E-state index contributed by atoms with van der Waals surface area (Å²) in [6.07, 6.45) is 90.2. The Morgan fingerprint density at radius 3 is 0.844 bits per heavy atom. The van der Waals surface area contributed by atoms with Crippen LogP contribution in [0.2, 0.25) is 0 Å². The SMILES string of the molecule is CC/C=C\C/C=C\C/C=C\C/C=C\C/C=C\C/C=C\C/C=C\CCCCCCCCCC(=O)OCC(COC(=O)CCCCCCC/C=C\C/C=C\CCC)OC(=O)CCCCCCCCC/C=C\C/C=C\CCCCC. The van der Waals surface area contributed by atoms with Gasteiger partial charge >= 0.3 is 17.9 Å². The first-order valence-electron chi connectivity index (χ1n) is 31.7. The number of carbonyl (C=O) groups excluding carboxylic acids is 3. The Morgan fingerprint density at radius 1 is 0.273 bits per heavy atom. The van der Waals surface area contributed by atoms with Crippen molar-refractivity contribution in [1.29, 1.82) is 0 Å². The van der Waals surface area contributed by atoms with E-state index in [2.05, 4.69) is 154 Å². The van der Waals surface area contributed by atoms with Crippen LogP contribution >= 0.6 is 0 Å². The Kier molecular flexibility index (Phi) is 60.4. The Labute approximate surface area is 475 Å². The third-order valence-corrected chi connectivity index (χ3v) is 13.1. The minimum Gasteiger partial charge on any atom is -0.462 e. The van der Waals surface area contributed by atoms with Gasteiger partial charge in [-0.05, 0) is 135 Å². The van der Waals surface area contributed by atoms with Crippen molar-refractivity contribution in [3.8, 4) is 0 Å². The molecular formula is C71H116O6. The van der Waals surface area contributed by atoms with Crippen molar-refractivity contribution in [3.05, 3.63) is 134 Å². The Hall–Kier alpha value is -4.45. The summed E-state index contributed by atoms with van der Waals surface area (Å²) in [5.41, 5.74) is 0. The molecule has 6 heteroatoms. The van der Waals surface area contributed by atoms with Crippen LogP contribution in [0.4, 0.5) is 0 Å². The third kappa shape index (κ3) is 62.3. The number of hydrogen-bond acceptors (Lipinski definition) is 6. The van der Waals surface area contributed by atoms with E-state index in [0.29, 0.717) is 19.3 Å². The molecule has 6 nitrogen and oxygen atoms in total. The lowest BCUT2D eigenvalue weighted by atomic mass is 10.1. The molecule has 0 radical (unpaired) electrons. The molecule has 0 spiro atoms. The summed E-state index contributed by atoms with van der Waals surface area (Å²) in [7, 11) is 0. The number of hydrogen-bond donors (Lipinski definition) is 0. The molecule has 0 fully saturated rings. The summed E-state index contributed by atoms with van der Waals surface area (Å²) in [6, 6.07) is 0. The molecule has 0 aromatic carbocycles. The maximum Gasteiger partial charge on any atom is 0.306 e. The second-order valence-corrected chi connectivity index (χ2v) is 20.6. The Balaban J connectivity index is 4.36. The molecule has 0 rings (SSSR count). The van der Waals surface area contributed by atoms with E-state index in [1.54, 1.807) is 0 Å². The van der Waals surface area contributed by atoms with E-state index in [-0.39, 0.29) is 31.1 Å². The van der Waals surface area contributed by atoms with E-state index >= 15 is 0 Å². The van der Waals surface area contributed by atoms with Gasteiger partial charge in [-0.25, -0.2) is 0 Å². The predicted octanol–water partition coefficient (Wildman–Crippen LogP) is 21.8. The largest absolute Gasteiger partial charge is 0.462 e. The van der Waals surface area contributed by atoms with Gasteiger partial charge in [0.2, 0.25) is 0 Å². The molecule has 1 atom stereocenters. The summed E-state index contributed by atoms with van der Waals surface area (Å²) in [5, 5.41) is 0. The molecule has 0 amide bonds. The smallest absolute Gasteiger partial charge is 0.306 e. The fourth-order valence-electron chi connectivity index (χ4n) is 8.37. The van der Waals surface area contributed by atoms with E-state index in [1.807, 2.05) is 0 Å². The van der Waals surface area contributed by atoms with Crippen molar-refractivity contribution in [1.82, 2.24) is 0 Å². The van der Waals surface area contributed by atoms with E-state index in [0.717, 1.165) is 154 Å². The van der Waals surface area contributed by atoms with Crippen LogP contribution < -0.4 is 0 Å². The molecule has 0 aliphatic rings. The van der Waals surface area contributed by atoms with Gasteiger partial charge in [0.15, 0.2) is 6.10 Å². The van der Waals surface area contributed by atoms with Gasteiger partial charge in [0.25, 0.3) is 0 Å². The van der Waals surface area contributed by atoms with Crippen LogP contribution in [0.1, 0.15) is 278 Å². The van der Waals surface area contributed by atoms with E-state index < -0.39 is 6.10 Å². The zero-order valence-electron chi connectivity index (χ0n) is 49.9. The highest BCUT2D eigenvalue weighted by Crippen LogP contribution is 2.15. The molecule has 0 aliphatic heterocycles. The van der Waals surface area contributed by atoms with Crippen LogP contribution in [0.25, 0.3) is 0 Å². The molecule has 0 aromatic rings. The maximum atomic E-state index is 12.9. The lowest BCUT2D eigenvalue weighted by molar-refractivity contribution is -0.167. The number of esters is 3. The third-order valence-electron chi connectivity index (χ3n) is 13.1. The van der Waals surface area contributed by atoms with E-state index in [1.165, 1.54) is 83.5 Å². The van der Waals surface area contributed by atoms with Crippen molar-refractivity contribution in [2.75, 3.05) is 13.2 Å². The van der Waals surface area contributed by atoms with Gasteiger partial charge in [-0.2, -0.15) is 0 Å². The van der Waals surface area contributed by atoms with Crippen LogP contribution in [0, 0.1) is 0 Å². The van der Waals surface area contributed by atoms with Crippen LogP contribution in [-0.2, 0) is 28.6 Å². The fourth-order valence-corrected chi connectivity index (χ4v) is 8.37. The van der Waals surface area contributed by atoms with E-state index in [4.69, 9.17) is 14.2 Å². The number of ether oxygens (including phenoxy) is 3. The molecule has 0 N–H and O–H groups in total. The van der Waals surface area contributed by atoms with Crippen molar-refractivity contribution in [3.63, 3.8) is 0 Å².